The van der Waals surface area contributed by atoms with E-state index in [4.69, 9.17) is 0 Å². The van der Waals surface area contributed by atoms with Crippen molar-refractivity contribution in [2.45, 2.75) is 0 Å². The molecule has 2 nitrogen and oxygen atoms in total. The van der Waals surface area contributed by atoms with Crippen molar-refractivity contribution in [3.8, 4) is 39.1 Å². The minimum atomic E-state index is 1.08. The molecule has 0 spiro atoms. The Labute approximate surface area is 378 Å². The number of rotatable bonds is 7. The third kappa shape index (κ3) is 5.84. The van der Waals surface area contributed by atoms with Gasteiger partial charge in [-0.15, -0.1) is 22.7 Å². The van der Waals surface area contributed by atoms with Crippen molar-refractivity contribution in [1.82, 2.24) is 4.57 Å². The molecular weight excluding hydrogens is 813 g/mol. The molecule has 3 aromatic heterocycles. The highest BCUT2D eigenvalue weighted by atomic mass is 32.1. The molecule has 0 amide bonds. The van der Waals surface area contributed by atoms with E-state index in [0.717, 1.165) is 28.3 Å². The molecule has 0 fully saturated rings. The number of benzene rings is 10. The summed E-state index contributed by atoms with van der Waals surface area (Å²) < 4.78 is 7.64. The van der Waals surface area contributed by atoms with Gasteiger partial charge in [-0.2, -0.15) is 0 Å². The van der Waals surface area contributed by atoms with Crippen LogP contribution in [0.3, 0.4) is 0 Å². The summed E-state index contributed by atoms with van der Waals surface area (Å²) in [6, 6.07) is 84.7. The number of hydrogen-bond donors (Lipinski definition) is 0. The summed E-state index contributed by atoms with van der Waals surface area (Å²) in [5.74, 6) is 0. The highest BCUT2D eigenvalue weighted by Gasteiger charge is 2.23. The molecule has 0 aliphatic carbocycles. The Hall–Kier alpha value is -7.76. The number of fused-ring (bicyclic) bond motifs is 9. The van der Waals surface area contributed by atoms with Gasteiger partial charge >= 0.3 is 0 Å². The lowest BCUT2D eigenvalue weighted by atomic mass is 9.91. The second kappa shape index (κ2) is 15.0. The Kier molecular flexibility index (Phi) is 8.61. The fourth-order valence-corrected chi connectivity index (χ4v) is 12.4. The van der Waals surface area contributed by atoms with E-state index in [0.29, 0.717) is 0 Å². The zero-order valence-corrected chi connectivity index (χ0v) is 36.3. The van der Waals surface area contributed by atoms with Gasteiger partial charge in [-0.05, 0) is 77.4 Å². The van der Waals surface area contributed by atoms with Gasteiger partial charge in [-0.1, -0.05) is 170 Å². The Balaban J connectivity index is 1.12. The molecule has 0 aliphatic rings. The van der Waals surface area contributed by atoms with Crippen LogP contribution < -0.4 is 4.90 Å². The Morgan fingerprint density at radius 2 is 0.828 bits per heavy atom. The molecule has 0 unspecified atom stereocenters. The Bertz CT molecular complexity index is 3910. The van der Waals surface area contributed by atoms with Gasteiger partial charge < -0.3 is 9.47 Å². The summed E-state index contributed by atoms with van der Waals surface area (Å²) >= 11 is 3.78. The van der Waals surface area contributed by atoms with Gasteiger partial charge in [0.15, 0.2) is 0 Å². The average molecular weight is 851 g/mol. The number of nitrogens with zero attached hydrogens (tertiary/aromatic N) is 2. The second-order valence-electron chi connectivity index (χ2n) is 16.4. The first-order valence-corrected chi connectivity index (χ1v) is 23.4. The molecule has 64 heavy (non-hydrogen) atoms. The van der Waals surface area contributed by atoms with Gasteiger partial charge in [0, 0.05) is 84.9 Å². The monoisotopic (exact) mass is 850 g/mol. The number of thiophene rings is 2. The van der Waals surface area contributed by atoms with Crippen molar-refractivity contribution < 1.29 is 0 Å². The van der Waals surface area contributed by atoms with Gasteiger partial charge in [-0.3, -0.25) is 0 Å². The molecule has 3 heterocycles. The van der Waals surface area contributed by atoms with E-state index in [9.17, 15) is 0 Å². The summed E-state index contributed by atoms with van der Waals surface area (Å²) in [6.45, 7) is 0. The number of para-hydroxylation sites is 3. The van der Waals surface area contributed by atoms with Crippen LogP contribution in [0.15, 0.2) is 231 Å². The second-order valence-corrected chi connectivity index (χ2v) is 18.5. The zero-order valence-electron chi connectivity index (χ0n) is 34.7. The molecule has 0 saturated carbocycles. The average Bonchev–Trinajstić information content (AvgIpc) is 4.05. The van der Waals surface area contributed by atoms with Crippen molar-refractivity contribution in [1.29, 1.82) is 0 Å². The van der Waals surface area contributed by atoms with Gasteiger partial charge in [0.1, 0.15) is 0 Å². The summed E-state index contributed by atoms with van der Waals surface area (Å²) in [5.41, 5.74) is 14.0. The molecule has 13 rings (SSSR count). The lowest BCUT2D eigenvalue weighted by molar-refractivity contribution is 1.18. The quantitative estimate of drug-likeness (QED) is 0.155. The van der Waals surface area contributed by atoms with E-state index < -0.39 is 0 Å². The number of hydrogen-bond acceptors (Lipinski definition) is 3. The fourth-order valence-electron chi connectivity index (χ4n) is 9.96. The van der Waals surface area contributed by atoms with E-state index in [2.05, 4.69) is 240 Å². The van der Waals surface area contributed by atoms with Crippen LogP contribution in [0, 0.1) is 0 Å². The van der Waals surface area contributed by atoms with Crippen LogP contribution in [0.25, 0.3) is 101 Å². The van der Waals surface area contributed by atoms with E-state index in [1.54, 1.807) is 0 Å². The molecular formula is C60H38N2S2. The molecule has 0 atom stereocenters. The van der Waals surface area contributed by atoms with Crippen LogP contribution in [0.1, 0.15) is 0 Å². The zero-order chi connectivity index (χ0) is 42.1. The minimum absolute atomic E-state index is 1.08. The standard InChI is InChI=1S/C60H38N2S2/c1-3-17-39(18-4-1)43-21-7-11-29-54(43)61(42-34-36-46-45-22-8-12-30-55(45)62(56(46)38-42)40-19-5-2-6-20-40)41-33-35-44(49-25-15-26-50-47-23-9-13-31-57(47)63-59(49)50)53(37-41)52-28-16-27-51-48-24-10-14-32-58(48)64-60(51)52/h1-38H. The minimum Gasteiger partial charge on any atom is -0.310 e. The first-order chi connectivity index (χ1) is 31.8. The molecule has 0 aliphatic heterocycles. The predicted octanol–water partition coefficient (Wildman–Crippen LogP) is 18.0. The van der Waals surface area contributed by atoms with Crippen LogP contribution in [0.4, 0.5) is 17.1 Å². The first-order valence-electron chi connectivity index (χ1n) is 21.8. The lowest BCUT2D eigenvalue weighted by Gasteiger charge is -2.29. The van der Waals surface area contributed by atoms with Crippen molar-refractivity contribution in [3.63, 3.8) is 0 Å². The van der Waals surface area contributed by atoms with Gasteiger partial charge in [-0.25, -0.2) is 0 Å². The van der Waals surface area contributed by atoms with E-state index >= 15 is 0 Å². The SMILES string of the molecule is c1ccc(-c2ccccc2N(c2ccc(-c3cccc4c3sc3ccccc34)c(-c3cccc4c3sc3ccccc34)c2)c2ccc3c4ccccc4n(-c4ccccc4)c3c2)cc1. The number of anilines is 3. The maximum atomic E-state index is 2.48. The van der Waals surface area contributed by atoms with E-state index in [1.807, 2.05) is 22.7 Å². The molecule has 0 radical (unpaired) electrons. The third-order valence-electron chi connectivity index (χ3n) is 12.8. The fraction of sp³-hybridized carbons (Fsp3) is 0. The Morgan fingerprint density at radius 1 is 0.312 bits per heavy atom. The van der Waals surface area contributed by atoms with Crippen molar-refractivity contribution in [3.05, 3.63) is 231 Å². The smallest absolute Gasteiger partial charge is 0.0561 e. The van der Waals surface area contributed by atoms with Gasteiger partial charge in [0.05, 0.1) is 16.7 Å². The van der Waals surface area contributed by atoms with Crippen molar-refractivity contribution in [2.75, 3.05) is 4.90 Å². The van der Waals surface area contributed by atoms with E-state index in [-0.39, 0.29) is 0 Å². The van der Waals surface area contributed by atoms with Crippen LogP contribution in [-0.4, -0.2) is 4.57 Å². The molecule has 300 valence electrons. The number of aromatic nitrogens is 1. The summed E-state index contributed by atoms with van der Waals surface area (Å²) in [6.07, 6.45) is 0. The predicted molar refractivity (Wildman–Crippen MR) is 278 cm³/mol. The first kappa shape index (κ1) is 36.9. The van der Waals surface area contributed by atoms with E-state index in [1.165, 1.54) is 90.0 Å². The maximum Gasteiger partial charge on any atom is 0.0561 e. The third-order valence-corrected chi connectivity index (χ3v) is 15.2. The highest BCUT2D eigenvalue weighted by Crippen LogP contribution is 2.50. The summed E-state index contributed by atoms with van der Waals surface area (Å²) in [7, 11) is 0. The largest absolute Gasteiger partial charge is 0.310 e. The molecule has 10 aromatic carbocycles. The Morgan fingerprint density at radius 3 is 1.55 bits per heavy atom. The van der Waals surface area contributed by atoms with Crippen LogP contribution in [-0.2, 0) is 0 Å². The highest BCUT2D eigenvalue weighted by molar-refractivity contribution is 7.26. The maximum absolute atomic E-state index is 2.48. The van der Waals surface area contributed by atoms with Crippen molar-refractivity contribution >= 4 is 102 Å². The summed E-state index contributed by atoms with van der Waals surface area (Å²) in [5, 5.41) is 7.66. The summed E-state index contributed by atoms with van der Waals surface area (Å²) in [4.78, 5) is 2.48. The molecule has 4 heteroatoms. The van der Waals surface area contributed by atoms with Crippen LogP contribution >= 0.6 is 22.7 Å². The van der Waals surface area contributed by atoms with Crippen molar-refractivity contribution in [2.24, 2.45) is 0 Å². The van der Waals surface area contributed by atoms with Gasteiger partial charge in [0.2, 0.25) is 0 Å². The molecule has 13 aromatic rings. The normalized spacial score (nSPS) is 11.8. The lowest BCUT2D eigenvalue weighted by Crippen LogP contribution is -2.12. The molecule has 0 N–H and O–H groups in total. The van der Waals surface area contributed by atoms with Crippen LogP contribution in [0.5, 0.6) is 0 Å². The van der Waals surface area contributed by atoms with Gasteiger partial charge in [0.25, 0.3) is 0 Å². The topological polar surface area (TPSA) is 8.17 Å². The molecule has 0 bridgehead atoms. The molecule has 0 saturated heterocycles. The van der Waals surface area contributed by atoms with Crippen LogP contribution in [0.2, 0.25) is 0 Å².